The number of hydrogen-bond donors (Lipinski definition) is 0. The molecule has 0 aliphatic carbocycles. The molecule has 1 aliphatic heterocycles. The number of alkyl halides is 1. The van der Waals surface area contributed by atoms with Crippen LogP contribution >= 0.6 is 15.9 Å². The molecule has 1 saturated heterocycles. The van der Waals surface area contributed by atoms with Crippen molar-refractivity contribution in [2.24, 2.45) is 11.8 Å². The molecule has 1 aliphatic rings. The number of Topliss-reactive ketones (excluding diaryl/α,β-unsaturated/α-hetero) is 1. The van der Waals surface area contributed by atoms with Crippen LogP contribution in [0.2, 0.25) is 0 Å². The summed E-state index contributed by atoms with van der Waals surface area (Å²) in [5.41, 5.74) is 0. The minimum atomic E-state index is 0.225. The van der Waals surface area contributed by atoms with Crippen molar-refractivity contribution < 1.29 is 9.53 Å². The summed E-state index contributed by atoms with van der Waals surface area (Å²) in [6.45, 7) is 3.56. The number of rotatable bonds is 2. The van der Waals surface area contributed by atoms with Crippen molar-refractivity contribution in [3.8, 4) is 0 Å². The van der Waals surface area contributed by atoms with Crippen LogP contribution < -0.4 is 0 Å². The van der Waals surface area contributed by atoms with Gasteiger partial charge in [-0.05, 0) is 12.3 Å². The first-order chi connectivity index (χ1) is 5.25. The molecular formula is C8H13BrO2. The summed E-state index contributed by atoms with van der Waals surface area (Å²) in [7, 11) is 0. The molecule has 0 aromatic carbocycles. The molecule has 0 radical (unpaired) electrons. The van der Waals surface area contributed by atoms with Crippen LogP contribution in [0.1, 0.15) is 13.3 Å². The van der Waals surface area contributed by atoms with Gasteiger partial charge in [0.25, 0.3) is 0 Å². The zero-order chi connectivity index (χ0) is 8.27. The second-order valence-electron chi connectivity index (χ2n) is 3.05. The van der Waals surface area contributed by atoms with Crippen LogP contribution in [-0.4, -0.2) is 24.3 Å². The summed E-state index contributed by atoms with van der Waals surface area (Å²) in [5.74, 6) is 0.942. The van der Waals surface area contributed by atoms with Crippen molar-refractivity contribution in [1.29, 1.82) is 0 Å². The molecule has 3 heteroatoms. The number of hydrogen-bond acceptors (Lipinski definition) is 2. The van der Waals surface area contributed by atoms with Crippen LogP contribution in [0.3, 0.4) is 0 Å². The molecule has 0 aromatic rings. The van der Waals surface area contributed by atoms with E-state index in [1.807, 2.05) is 0 Å². The van der Waals surface area contributed by atoms with Crippen molar-refractivity contribution in [1.82, 2.24) is 0 Å². The maximum Gasteiger partial charge on any atom is 0.146 e. The van der Waals surface area contributed by atoms with Gasteiger partial charge in [-0.2, -0.15) is 0 Å². The van der Waals surface area contributed by atoms with E-state index < -0.39 is 0 Å². The Kier molecular flexibility index (Phi) is 3.52. The van der Waals surface area contributed by atoms with Gasteiger partial charge >= 0.3 is 0 Å². The highest BCUT2D eigenvalue weighted by Gasteiger charge is 2.26. The predicted molar refractivity (Wildman–Crippen MR) is 46.9 cm³/mol. The average molecular weight is 221 g/mol. The monoisotopic (exact) mass is 220 g/mol. The van der Waals surface area contributed by atoms with Crippen molar-refractivity contribution in [2.45, 2.75) is 13.3 Å². The lowest BCUT2D eigenvalue weighted by atomic mass is 9.87. The Morgan fingerprint density at radius 1 is 1.73 bits per heavy atom. The molecule has 1 fully saturated rings. The number of ether oxygens (including phenoxy) is 1. The van der Waals surface area contributed by atoms with E-state index in [1.165, 1.54) is 0 Å². The Balaban J connectivity index is 2.47. The molecule has 0 N–H and O–H groups in total. The van der Waals surface area contributed by atoms with E-state index in [2.05, 4.69) is 22.9 Å². The number of ketones is 1. The number of halogens is 1. The van der Waals surface area contributed by atoms with Crippen molar-refractivity contribution in [3.63, 3.8) is 0 Å². The smallest absolute Gasteiger partial charge is 0.146 e. The normalized spacial score (nSPS) is 31.8. The molecule has 0 amide bonds. The summed E-state index contributed by atoms with van der Waals surface area (Å²) in [6, 6.07) is 0. The molecule has 1 heterocycles. The second-order valence-corrected chi connectivity index (χ2v) is 3.61. The van der Waals surface area contributed by atoms with Crippen LogP contribution in [0.5, 0.6) is 0 Å². The van der Waals surface area contributed by atoms with E-state index >= 15 is 0 Å². The van der Waals surface area contributed by atoms with Crippen LogP contribution in [-0.2, 0) is 9.53 Å². The quantitative estimate of drug-likeness (QED) is 0.662. The first-order valence-corrected chi connectivity index (χ1v) is 5.04. The highest BCUT2D eigenvalue weighted by Crippen LogP contribution is 2.22. The van der Waals surface area contributed by atoms with Crippen LogP contribution in [0.4, 0.5) is 0 Å². The lowest BCUT2D eigenvalue weighted by molar-refractivity contribution is -0.125. The largest absolute Gasteiger partial charge is 0.381 e. The molecule has 0 aromatic heterocycles. The average Bonchev–Trinajstić information content (AvgIpc) is 2.04. The lowest BCUT2D eigenvalue weighted by Crippen LogP contribution is -2.31. The van der Waals surface area contributed by atoms with E-state index in [0.717, 1.165) is 19.6 Å². The molecular weight excluding hydrogens is 208 g/mol. The van der Waals surface area contributed by atoms with E-state index in [0.29, 0.717) is 17.0 Å². The third-order valence-electron chi connectivity index (χ3n) is 2.19. The lowest BCUT2D eigenvalue weighted by Gasteiger charge is -2.26. The Morgan fingerprint density at radius 2 is 2.45 bits per heavy atom. The maximum absolute atomic E-state index is 11.3. The van der Waals surface area contributed by atoms with Crippen molar-refractivity contribution in [2.75, 3.05) is 18.5 Å². The molecule has 1 rings (SSSR count). The van der Waals surface area contributed by atoms with Crippen molar-refractivity contribution in [3.05, 3.63) is 0 Å². The first kappa shape index (κ1) is 9.20. The molecule has 2 atom stereocenters. The standard InChI is InChI=1S/C8H13BrO2/c1-6-5-11-3-2-7(6)8(10)4-9/h6-7H,2-5H2,1H3. The van der Waals surface area contributed by atoms with Gasteiger partial charge in [-0.15, -0.1) is 0 Å². The summed E-state index contributed by atoms with van der Waals surface area (Å²) in [5, 5.41) is 0.488. The Bertz CT molecular complexity index is 147. The zero-order valence-electron chi connectivity index (χ0n) is 6.68. The molecule has 11 heavy (non-hydrogen) atoms. The molecule has 2 unspecified atom stereocenters. The predicted octanol–water partition coefficient (Wildman–Crippen LogP) is 1.62. The maximum atomic E-state index is 11.3. The summed E-state index contributed by atoms with van der Waals surface area (Å²) in [4.78, 5) is 11.3. The van der Waals surface area contributed by atoms with Crippen LogP contribution in [0.15, 0.2) is 0 Å². The Hall–Kier alpha value is 0.110. The van der Waals surface area contributed by atoms with Gasteiger partial charge in [0.05, 0.1) is 5.33 Å². The van der Waals surface area contributed by atoms with Crippen molar-refractivity contribution >= 4 is 21.7 Å². The van der Waals surface area contributed by atoms with Crippen LogP contribution in [0.25, 0.3) is 0 Å². The fraction of sp³-hybridized carbons (Fsp3) is 0.875. The van der Waals surface area contributed by atoms with E-state index in [9.17, 15) is 4.79 Å². The van der Waals surface area contributed by atoms with Gasteiger partial charge in [0.15, 0.2) is 0 Å². The van der Waals surface area contributed by atoms with Gasteiger partial charge in [-0.3, -0.25) is 4.79 Å². The molecule has 64 valence electrons. The van der Waals surface area contributed by atoms with Gasteiger partial charge in [0.1, 0.15) is 5.78 Å². The molecule has 0 bridgehead atoms. The topological polar surface area (TPSA) is 26.3 Å². The highest BCUT2D eigenvalue weighted by atomic mass is 79.9. The van der Waals surface area contributed by atoms with Gasteiger partial charge in [-0.1, -0.05) is 22.9 Å². The zero-order valence-corrected chi connectivity index (χ0v) is 8.26. The van der Waals surface area contributed by atoms with E-state index in [1.54, 1.807) is 0 Å². The Morgan fingerprint density at radius 3 is 3.00 bits per heavy atom. The minimum absolute atomic E-state index is 0.225. The summed E-state index contributed by atoms with van der Waals surface area (Å²) < 4.78 is 5.24. The number of carbonyl (C=O) groups is 1. The second kappa shape index (κ2) is 4.21. The van der Waals surface area contributed by atoms with Gasteiger partial charge in [0, 0.05) is 19.1 Å². The first-order valence-electron chi connectivity index (χ1n) is 3.92. The third kappa shape index (κ3) is 2.27. The highest BCUT2D eigenvalue weighted by molar-refractivity contribution is 9.09. The molecule has 0 saturated carbocycles. The molecule has 0 spiro atoms. The fourth-order valence-corrected chi connectivity index (χ4v) is 1.87. The van der Waals surface area contributed by atoms with Crippen LogP contribution in [0, 0.1) is 11.8 Å². The van der Waals surface area contributed by atoms with Gasteiger partial charge in [0.2, 0.25) is 0 Å². The van der Waals surface area contributed by atoms with Gasteiger partial charge < -0.3 is 4.74 Å². The minimum Gasteiger partial charge on any atom is -0.381 e. The Labute approximate surface area is 75.4 Å². The SMILES string of the molecule is CC1COCCC1C(=O)CBr. The molecule has 2 nitrogen and oxygen atoms in total. The van der Waals surface area contributed by atoms with E-state index in [4.69, 9.17) is 4.74 Å². The number of carbonyl (C=O) groups excluding carboxylic acids is 1. The van der Waals surface area contributed by atoms with E-state index in [-0.39, 0.29) is 5.92 Å². The van der Waals surface area contributed by atoms with Gasteiger partial charge in [-0.25, -0.2) is 0 Å². The summed E-state index contributed by atoms with van der Waals surface area (Å²) >= 11 is 3.19. The third-order valence-corrected chi connectivity index (χ3v) is 2.74. The summed E-state index contributed by atoms with van der Waals surface area (Å²) in [6.07, 6.45) is 0.894. The fourth-order valence-electron chi connectivity index (χ4n) is 1.46.